The third kappa shape index (κ3) is 2.01. The van der Waals surface area contributed by atoms with Crippen LogP contribution in [0.2, 0.25) is 0 Å². The Morgan fingerprint density at radius 1 is 1.71 bits per heavy atom. The van der Waals surface area contributed by atoms with Gasteiger partial charge in [-0.1, -0.05) is 0 Å². The van der Waals surface area contributed by atoms with Crippen molar-refractivity contribution in [2.45, 2.75) is 19.9 Å². The minimum Gasteiger partial charge on any atom is -0.316 e. The normalized spacial score (nSPS) is 21.4. The van der Waals surface area contributed by atoms with Crippen LogP contribution in [0, 0.1) is 12.8 Å². The Bertz CT molecular complexity index is 366. The molecule has 1 saturated heterocycles. The van der Waals surface area contributed by atoms with Crippen LogP contribution >= 0.6 is 0 Å². The molecular formula is C10H15N3O. The van der Waals surface area contributed by atoms with Crippen LogP contribution in [0.25, 0.3) is 0 Å². The van der Waals surface area contributed by atoms with Crippen molar-refractivity contribution in [2.24, 2.45) is 5.92 Å². The summed E-state index contributed by atoms with van der Waals surface area (Å²) in [6.45, 7) is 4.69. The van der Waals surface area contributed by atoms with Gasteiger partial charge in [0.25, 0.3) is 5.56 Å². The molecule has 1 aromatic heterocycles. The molecule has 1 aliphatic rings. The molecule has 1 unspecified atom stereocenters. The van der Waals surface area contributed by atoms with Crippen molar-refractivity contribution in [1.82, 2.24) is 15.1 Å². The molecule has 2 heterocycles. The van der Waals surface area contributed by atoms with Crippen LogP contribution < -0.4 is 10.9 Å². The van der Waals surface area contributed by atoms with E-state index in [0.717, 1.165) is 31.6 Å². The SMILES string of the molecule is Cc1cnn(CC2CCNC2)c(=O)c1. The lowest BCUT2D eigenvalue weighted by Gasteiger charge is -2.09. The molecule has 0 saturated carbocycles. The van der Waals surface area contributed by atoms with Gasteiger partial charge in [0.2, 0.25) is 0 Å². The first-order chi connectivity index (χ1) is 6.75. The lowest BCUT2D eigenvalue weighted by Crippen LogP contribution is -2.26. The molecule has 1 fully saturated rings. The molecular weight excluding hydrogens is 178 g/mol. The summed E-state index contributed by atoms with van der Waals surface area (Å²) in [6.07, 6.45) is 2.88. The fourth-order valence-electron chi connectivity index (χ4n) is 1.78. The minimum atomic E-state index is 0.0110. The molecule has 76 valence electrons. The average molecular weight is 193 g/mol. The molecule has 0 radical (unpaired) electrons. The molecule has 0 aromatic carbocycles. The fourth-order valence-corrected chi connectivity index (χ4v) is 1.78. The highest BCUT2D eigenvalue weighted by atomic mass is 16.1. The van der Waals surface area contributed by atoms with E-state index in [1.54, 1.807) is 16.9 Å². The topological polar surface area (TPSA) is 46.9 Å². The Morgan fingerprint density at radius 3 is 3.21 bits per heavy atom. The fraction of sp³-hybridized carbons (Fsp3) is 0.600. The standard InChI is InChI=1S/C10H15N3O/c1-8-4-10(14)13(12-5-8)7-9-2-3-11-6-9/h4-5,9,11H,2-3,6-7H2,1H3. The first-order valence-corrected chi connectivity index (χ1v) is 5.00. The maximum Gasteiger partial charge on any atom is 0.266 e. The summed E-state index contributed by atoms with van der Waals surface area (Å²) in [5.41, 5.74) is 0.938. The van der Waals surface area contributed by atoms with Crippen LogP contribution in [0.1, 0.15) is 12.0 Å². The van der Waals surface area contributed by atoms with E-state index in [1.165, 1.54) is 0 Å². The minimum absolute atomic E-state index is 0.0110. The van der Waals surface area contributed by atoms with E-state index in [4.69, 9.17) is 0 Å². The Labute approximate surface area is 82.9 Å². The number of aryl methyl sites for hydroxylation is 1. The second kappa shape index (κ2) is 3.92. The van der Waals surface area contributed by atoms with Crippen LogP contribution in [0.3, 0.4) is 0 Å². The number of hydrogen-bond acceptors (Lipinski definition) is 3. The Hall–Kier alpha value is -1.16. The number of nitrogens with one attached hydrogen (secondary N) is 1. The van der Waals surface area contributed by atoms with Crippen molar-refractivity contribution in [3.8, 4) is 0 Å². The molecule has 4 heteroatoms. The maximum atomic E-state index is 11.5. The predicted molar refractivity (Wildman–Crippen MR) is 54.2 cm³/mol. The largest absolute Gasteiger partial charge is 0.316 e. The van der Waals surface area contributed by atoms with Gasteiger partial charge in [-0.2, -0.15) is 5.10 Å². The van der Waals surface area contributed by atoms with Crippen molar-refractivity contribution < 1.29 is 0 Å². The molecule has 1 aliphatic heterocycles. The van der Waals surface area contributed by atoms with E-state index in [1.807, 2.05) is 6.92 Å². The van der Waals surface area contributed by atoms with Gasteiger partial charge in [-0.05, 0) is 37.9 Å². The molecule has 0 spiro atoms. The summed E-state index contributed by atoms with van der Waals surface area (Å²) in [4.78, 5) is 11.5. The highest BCUT2D eigenvalue weighted by molar-refractivity contribution is 5.02. The number of nitrogens with zero attached hydrogens (tertiary/aromatic N) is 2. The first kappa shape index (κ1) is 9.40. The lowest BCUT2D eigenvalue weighted by atomic mass is 10.1. The first-order valence-electron chi connectivity index (χ1n) is 5.00. The summed E-state index contributed by atoms with van der Waals surface area (Å²) in [7, 11) is 0. The molecule has 4 nitrogen and oxygen atoms in total. The van der Waals surface area contributed by atoms with Crippen LogP contribution in [-0.4, -0.2) is 22.9 Å². The highest BCUT2D eigenvalue weighted by Gasteiger charge is 2.15. The number of hydrogen-bond donors (Lipinski definition) is 1. The van der Waals surface area contributed by atoms with Crippen molar-refractivity contribution in [2.75, 3.05) is 13.1 Å². The van der Waals surface area contributed by atoms with E-state index in [9.17, 15) is 4.79 Å². The van der Waals surface area contributed by atoms with Gasteiger partial charge in [0.15, 0.2) is 0 Å². The molecule has 14 heavy (non-hydrogen) atoms. The predicted octanol–water partition coefficient (Wildman–Crippen LogP) is 0.161. The second-order valence-electron chi connectivity index (χ2n) is 3.91. The van der Waals surface area contributed by atoms with Crippen molar-refractivity contribution in [3.63, 3.8) is 0 Å². The van der Waals surface area contributed by atoms with Gasteiger partial charge in [0.05, 0.1) is 6.20 Å². The highest BCUT2D eigenvalue weighted by Crippen LogP contribution is 2.08. The molecule has 0 bridgehead atoms. The van der Waals surface area contributed by atoms with E-state index >= 15 is 0 Å². The van der Waals surface area contributed by atoms with Crippen molar-refractivity contribution in [3.05, 3.63) is 28.2 Å². The van der Waals surface area contributed by atoms with Crippen LogP contribution in [0.5, 0.6) is 0 Å². The smallest absolute Gasteiger partial charge is 0.266 e. The quantitative estimate of drug-likeness (QED) is 0.728. The zero-order valence-electron chi connectivity index (χ0n) is 8.36. The van der Waals surface area contributed by atoms with Gasteiger partial charge in [-0.25, -0.2) is 4.68 Å². The summed E-state index contributed by atoms with van der Waals surface area (Å²) < 4.78 is 1.56. The Balaban J connectivity index is 2.12. The van der Waals surface area contributed by atoms with Crippen LogP contribution in [-0.2, 0) is 6.54 Å². The second-order valence-corrected chi connectivity index (χ2v) is 3.91. The molecule has 0 amide bonds. The summed E-state index contributed by atoms with van der Waals surface area (Å²) in [5, 5.41) is 7.40. The van der Waals surface area contributed by atoms with Crippen LogP contribution in [0.4, 0.5) is 0 Å². The van der Waals surface area contributed by atoms with Crippen LogP contribution in [0.15, 0.2) is 17.1 Å². The lowest BCUT2D eigenvalue weighted by molar-refractivity contribution is 0.433. The van der Waals surface area contributed by atoms with E-state index in [-0.39, 0.29) is 5.56 Å². The van der Waals surface area contributed by atoms with Gasteiger partial charge in [0, 0.05) is 12.6 Å². The van der Waals surface area contributed by atoms with Gasteiger partial charge in [-0.3, -0.25) is 4.79 Å². The monoisotopic (exact) mass is 193 g/mol. The van der Waals surface area contributed by atoms with E-state index in [0.29, 0.717) is 5.92 Å². The molecule has 0 aliphatic carbocycles. The molecule has 1 atom stereocenters. The van der Waals surface area contributed by atoms with Gasteiger partial charge in [0.1, 0.15) is 0 Å². The van der Waals surface area contributed by atoms with Gasteiger partial charge < -0.3 is 5.32 Å². The number of aromatic nitrogens is 2. The van der Waals surface area contributed by atoms with Gasteiger partial charge >= 0.3 is 0 Å². The van der Waals surface area contributed by atoms with E-state index < -0.39 is 0 Å². The molecule has 1 aromatic rings. The van der Waals surface area contributed by atoms with Crippen molar-refractivity contribution >= 4 is 0 Å². The zero-order chi connectivity index (χ0) is 9.97. The third-order valence-electron chi connectivity index (χ3n) is 2.60. The third-order valence-corrected chi connectivity index (χ3v) is 2.60. The summed E-state index contributed by atoms with van der Waals surface area (Å²) in [5.74, 6) is 0.558. The Morgan fingerprint density at radius 2 is 2.57 bits per heavy atom. The average Bonchev–Trinajstić information content (AvgIpc) is 2.62. The molecule has 2 rings (SSSR count). The maximum absolute atomic E-state index is 11.5. The van der Waals surface area contributed by atoms with Gasteiger partial charge in [-0.15, -0.1) is 0 Å². The van der Waals surface area contributed by atoms with Crippen molar-refractivity contribution in [1.29, 1.82) is 0 Å². The van der Waals surface area contributed by atoms with E-state index in [2.05, 4.69) is 10.4 Å². The number of rotatable bonds is 2. The Kier molecular flexibility index (Phi) is 2.63. The molecule has 1 N–H and O–H groups in total. The summed E-state index contributed by atoms with van der Waals surface area (Å²) in [6, 6.07) is 1.63. The summed E-state index contributed by atoms with van der Waals surface area (Å²) >= 11 is 0. The zero-order valence-corrected chi connectivity index (χ0v) is 8.36.